The van der Waals surface area contributed by atoms with Crippen molar-refractivity contribution in [2.75, 3.05) is 13.2 Å². The Labute approximate surface area is 127 Å². The summed E-state index contributed by atoms with van der Waals surface area (Å²) in [5.41, 5.74) is 3.36. The first-order chi connectivity index (χ1) is 9.57. The molecular formula is C13H25AsO7. The van der Waals surface area contributed by atoms with Gasteiger partial charge in [0.1, 0.15) is 0 Å². The quantitative estimate of drug-likeness (QED) is 0.671. The van der Waals surface area contributed by atoms with Gasteiger partial charge in [0.25, 0.3) is 0 Å². The predicted molar refractivity (Wildman–Crippen MR) is 74.5 cm³/mol. The van der Waals surface area contributed by atoms with Crippen LogP contribution in [0.1, 0.15) is 13.8 Å². The molecule has 0 amide bonds. The van der Waals surface area contributed by atoms with Gasteiger partial charge in [-0.05, 0) is 0 Å². The molecule has 0 aliphatic carbocycles. The number of hydrogen-bond donors (Lipinski definition) is 2. The second kappa shape index (κ2) is 6.32. The summed E-state index contributed by atoms with van der Waals surface area (Å²) in [6.07, 6.45) is -4.05. The summed E-state index contributed by atoms with van der Waals surface area (Å²) in [5.74, 6) is -0.634. The van der Waals surface area contributed by atoms with E-state index in [0.717, 1.165) is 0 Å². The van der Waals surface area contributed by atoms with E-state index in [-0.39, 0.29) is 17.9 Å². The minimum absolute atomic E-state index is 0.200. The van der Waals surface area contributed by atoms with Crippen LogP contribution in [0.15, 0.2) is 0 Å². The first-order valence-electron chi connectivity index (χ1n) is 7.06. The van der Waals surface area contributed by atoms with Crippen LogP contribution in [0.25, 0.3) is 0 Å². The molecule has 124 valence electrons. The summed E-state index contributed by atoms with van der Waals surface area (Å²) in [6.45, 7) is 4.24. The molecular weight excluding hydrogens is 343 g/mol. The van der Waals surface area contributed by atoms with Crippen molar-refractivity contribution in [1.29, 1.82) is 0 Å². The number of ether oxygens (including phenoxy) is 4. The third-order valence-electron chi connectivity index (χ3n) is 3.45. The fourth-order valence-electron chi connectivity index (χ4n) is 2.48. The van der Waals surface area contributed by atoms with E-state index in [2.05, 4.69) is 0 Å². The standard InChI is InChI=1S/C13H25AsO7/c1-13(2)19-7-8(21-13)6-18-12-11(16)10(15)9(20-12)5-14(3,4)17/h8-12,15-16H,5-7H2,1-4H3/t8-,9+,10+,11+,12+/m0/s1. The molecule has 0 aromatic heterocycles. The average molecular weight is 368 g/mol. The Bertz CT molecular complexity index is 407. The van der Waals surface area contributed by atoms with Gasteiger partial charge in [-0.3, -0.25) is 0 Å². The molecule has 0 spiro atoms. The Hall–Kier alpha value is 0.118. The summed E-state index contributed by atoms with van der Waals surface area (Å²) in [4.78, 5) is 0. The van der Waals surface area contributed by atoms with Crippen LogP contribution < -0.4 is 0 Å². The van der Waals surface area contributed by atoms with Gasteiger partial charge in [-0.2, -0.15) is 0 Å². The zero-order valence-electron chi connectivity index (χ0n) is 12.9. The molecule has 0 bridgehead atoms. The molecule has 0 aromatic rings. The second-order valence-electron chi connectivity index (χ2n) is 6.56. The molecule has 2 fully saturated rings. The molecule has 2 N–H and O–H groups in total. The number of hydrogen-bond acceptors (Lipinski definition) is 7. The molecule has 7 nitrogen and oxygen atoms in total. The summed E-state index contributed by atoms with van der Waals surface area (Å²) < 4.78 is 33.9. The van der Waals surface area contributed by atoms with Gasteiger partial charge in [-0.15, -0.1) is 0 Å². The summed E-state index contributed by atoms with van der Waals surface area (Å²) in [7, 11) is 0. The second-order valence-corrected chi connectivity index (χ2v) is 13.9. The molecule has 2 rings (SSSR count). The Kier molecular flexibility index (Phi) is 5.26. The molecule has 0 radical (unpaired) electrons. The van der Waals surface area contributed by atoms with Crippen LogP contribution in [0.4, 0.5) is 0 Å². The van der Waals surface area contributed by atoms with Crippen LogP contribution >= 0.6 is 0 Å². The molecule has 2 aliphatic rings. The maximum absolute atomic E-state index is 11.9. The van der Waals surface area contributed by atoms with Crippen LogP contribution in [0, 0.1) is 0 Å². The first kappa shape index (κ1) is 17.5. The van der Waals surface area contributed by atoms with Crippen LogP contribution in [-0.4, -0.2) is 73.4 Å². The van der Waals surface area contributed by atoms with Gasteiger partial charge >= 0.3 is 127 Å². The molecule has 2 saturated heterocycles. The first-order valence-corrected chi connectivity index (χ1v) is 12.9. The van der Waals surface area contributed by atoms with E-state index in [1.807, 2.05) is 13.8 Å². The Morgan fingerprint density at radius 1 is 1.29 bits per heavy atom. The summed E-state index contributed by atoms with van der Waals surface area (Å²) in [5, 5.41) is 20.2. The Morgan fingerprint density at radius 2 is 1.95 bits per heavy atom. The van der Waals surface area contributed by atoms with E-state index in [1.54, 1.807) is 11.4 Å². The predicted octanol–water partition coefficient (Wildman–Crippen LogP) is 0.237. The van der Waals surface area contributed by atoms with E-state index in [1.165, 1.54) is 0 Å². The minimum atomic E-state index is -2.97. The molecule has 2 heterocycles. The van der Waals surface area contributed by atoms with Crippen molar-refractivity contribution in [3.63, 3.8) is 0 Å². The van der Waals surface area contributed by atoms with Gasteiger partial charge in [0.15, 0.2) is 0 Å². The number of aliphatic hydroxyl groups excluding tert-OH is 2. The van der Waals surface area contributed by atoms with Gasteiger partial charge in [0, 0.05) is 0 Å². The molecule has 0 saturated carbocycles. The monoisotopic (exact) mass is 368 g/mol. The fraction of sp³-hybridized carbons (Fsp3) is 1.00. The van der Waals surface area contributed by atoms with Gasteiger partial charge in [0.2, 0.25) is 0 Å². The molecule has 5 atom stereocenters. The molecule has 0 aromatic carbocycles. The summed E-state index contributed by atoms with van der Waals surface area (Å²) in [6, 6.07) is 0. The normalized spacial score (nSPS) is 39.8. The van der Waals surface area contributed by atoms with Crippen molar-refractivity contribution in [2.24, 2.45) is 0 Å². The van der Waals surface area contributed by atoms with E-state index in [4.69, 9.17) is 18.9 Å². The van der Waals surface area contributed by atoms with Crippen LogP contribution in [0.5, 0.6) is 0 Å². The van der Waals surface area contributed by atoms with Gasteiger partial charge in [0.05, 0.1) is 0 Å². The van der Waals surface area contributed by atoms with Crippen molar-refractivity contribution < 1.29 is 32.9 Å². The van der Waals surface area contributed by atoms with E-state index in [0.29, 0.717) is 6.61 Å². The van der Waals surface area contributed by atoms with E-state index in [9.17, 15) is 14.0 Å². The van der Waals surface area contributed by atoms with Crippen LogP contribution in [0.3, 0.4) is 0 Å². The third kappa shape index (κ3) is 4.79. The number of rotatable bonds is 5. The maximum atomic E-state index is 11.9. The SMILES string of the molecule is CC1(C)OC[C@H](CO[C@@H]2O[C@H](C[As](C)(C)=O)[C@@H](O)[C@H]2O)O1. The van der Waals surface area contributed by atoms with Gasteiger partial charge in [-0.1, -0.05) is 0 Å². The average Bonchev–Trinajstić information content (AvgIpc) is 2.80. The molecule has 21 heavy (non-hydrogen) atoms. The van der Waals surface area contributed by atoms with Crippen LogP contribution in [-0.2, 0) is 22.7 Å². The topological polar surface area (TPSA) is 94.5 Å². The molecule has 0 unspecified atom stereocenters. The van der Waals surface area contributed by atoms with E-state index >= 15 is 0 Å². The van der Waals surface area contributed by atoms with Crippen molar-refractivity contribution in [2.45, 2.75) is 67.0 Å². The van der Waals surface area contributed by atoms with Gasteiger partial charge in [-0.25, -0.2) is 0 Å². The van der Waals surface area contributed by atoms with Gasteiger partial charge < -0.3 is 0 Å². The Morgan fingerprint density at radius 3 is 2.48 bits per heavy atom. The fourth-order valence-corrected chi connectivity index (χ4v) is 4.94. The molecule has 8 heteroatoms. The van der Waals surface area contributed by atoms with Crippen molar-refractivity contribution in [3.05, 3.63) is 0 Å². The third-order valence-corrected chi connectivity index (χ3v) is 6.05. The van der Waals surface area contributed by atoms with E-state index < -0.39 is 43.9 Å². The zero-order valence-corrected chi connectivity index (χ0v) is 14.8. The van der Waals surface area contributed by atoms with Crippen LogP contribution in [0.2, 0.25) is 16.6 Å². The summed E-state index contributed by atoms with van der Waals surface area (Å²) >= 11 is -2.97. The van der Waals surface area contributed by atoms with Crippen molar-refractivity contribution >= 4 is 13.5 Å². The Balaban J connectivity index is 1.83. The number of aliphatic hydroxyl groups is 2. The van der Waals surface area contributed by atoms with Crippen molar-refractivity contribution in [3.8, 4) is 0 Å². The zero-order chi connectivity index (χ0) is 15.8. The molecule has 2 aliphatic heterocycles. The van der Waals surface area contributed by atoms with Crippen molar-refractivity contribution in [1.82, 2.24) is 0 Å².